The topological polar surface area (TPSA) is 72.7 Å². The Bertz CT molecular complexity index is 539. The summed E-state index contributed by atoms with van der Waals surface area (Å²) >= 11 is 5.74. The maximum Gasteiger partial charge on any atom is 0.288 e. The van der Waals surface area contributed by atoms with Crippen LogP contribution >= 0.6 is 11.6 Å². The fourth-order valence-corrected chi connectivity index (χ4v) is 2.50. The molecule has 0 radical (unpaired) electrons. The summed E-state index contributed by atoms with van der Waals surface area (Å²) in [5.41, 5.74) is 0.00859. The molecule has 1 amide bonds. The number of halogens is 1. The van der Waals surface area contributed by atoms with Crippen LogP contribution in [-0.4, -0.2) is 41.0 Å². The summed E-state index contributed by atoms with van der Waals surface area (Å²) in [4.78, 5) is 24.3. The maximum atomic E-state index is 12.4. The molecule has 108 valence electrons. The van der Waals surface area contributed by atoms with E-state index in [1.165, 1.54) is 18.2 Å². The predicted molar refractivity (Wildman–Crippen MR) is 74.0 cm³/mol. The van der Waals surface area contributed by atoms with Gasteiger partial charge in [0.25, 0.3) is 11.6 Å². The first-order valence-electron chi connectivity index (χ1n) is 6.27. The van der Waals surface area contributed by atoms with Crippen LogP contribution in [0.3, 0.4) is 0 Å². The molecule has 1 saturated heterocycles. The zero-order chi connectivity index (χ0) is 14.9. The number of carbonyl (C=O) groups excluding carboxylic acids is 1. The first-order chi connectivity index (χ1) is 9.38. The molecule has 1 heterocycles. The molecule has 2 rings (SSSR count). The molecule has 1 aliphatic rings. The van der Waals surface area contributed by atoms with E-state index >= 15 is 0 Å². The number of nitro groups is 1. The first kappa shape index (κ1) is 14.7. The number of benzene rings is 1. The second-order valence-electron chi connectivity index (χ2n) is 4.89. The molecule has 0 saturated carbocycles. The van der Waals surface area contributed by atoms with Gasteiger partial charge in [-0.3, -0.25) is 14.9 Å². The maximum absolute atomic E-state index is 12.4. The lowest BCUT2D eigenvalue weighted by Gasteiger charge is -2.35. The van der Waals surface area contributed by atoms with Gasteiger partial charge in [0.2, 0.25) is 0 Å². The lowest BCUT2D eigenvalue weighted by molar-refractivity contribution is -0.384. The van der Waals surface area contributed by atoms with Crippen LogP contribution in [-0.2, 0) is 4.74 Å². The fourth-order valence-electron chi connectivity index (χ4n) is 2.31. The van der Waals surface area contributed by atoms with Gasteiger partial charge in [0.15, 0.2) is 0 Å². The van der Waals surface area contributed by atoms with E-state index in [1.807, 2.05) is 13.8 Å². The Hall–Kier alpha value is -1.66. The third-order valence-electron chi connectivity index (χ3n) is 3.10. The number of rotatable bonds is 2. The normalized spacial score (nSPS) is 22.6. The highest BCUT2D eigenvalue weighted by molar-refractivity contribution is 6.32. The molecule has 1 aromatic carbocycles. The van der Waals surface area contributed by atoms with Crippen molar-refractivity contribution in [3.8, 4) is 0 Å². The minimum absolute atomic E-state index is 0.0234. The highest BCUT2D eigenvalue weighted by Crippen LogP contribution is 2.26. The molecule has 0 bridgehead atoms. The molecule has 0 spiro atoms. The molecule has 20 heavy (non-hydrogen) atoms. The van der Waals surface area contributed by atoms with Crippen LogP contribution in [0.25, 0.3) is 0 Å². The molecule has 6 nitrogen and oxygen atoms in total. The van der Waals surface area contributed by atoms with Gasteiger partial charge in [-0.15, -0.1) is 0 Å². The molecule has 7 heteroatoms. The zero-order valence-electron chi connectivity index (χ0n) is 11.2. The quantitative estimate of drug-likeness (QED) is 0.621. The Morgan fingerprint density at radius 2 is 2.00 bits per heavy atom. The number of hydrogen-bond donors (Lipinski definition) is 0. The van der Waals surface area contributed by atoms with Crippen molar-refractivity contribution >= 4 is 23.2 Å². The molecule has 1 aromatic rings. The van der Waals surface area contributed by atoms with E-state index in [4.69, 9.17) is 16.3 Å². The van der Waals surface area contributed by atoms with Crippen molar-refractivity contribution in [1.82, 2.24) is 4.90 Å². The molecule has 2 atom stereocenters. The monoisotopic (exact) mass is 298 g/mol. The largest absolute Gasteiger partial charge is 0.372 e. The van der Waals surface area contributed by atoms with Crippen molar-refractivity contribution in [2.45, 2.75) is 26.1 Å². The number of ether oxygens (including phenoxy) is 1. The van der Waals surface area contributed by atoms with E-state index in [0.717, 1.165) is 0 Å². The van der Waals surface area contributed by atoms with Gasteiger partial charge >= 0.3 is 0 Å². The van der Waals surface area contributed by atoms with Gasteiger partial charge in [0, 0.05) is 24.7 Å². The van der Waals surface area contributed by atoms with E-state index in [-0.39, 0.29) is 34.4 Å². The van der Waals surface area contributed by atoms with E-state index < -0.39 is 4.92 Å². The first-order valence-corrected chi connectivity index (χ1v) is 6.65. The van der Waals surface area contributed by atoms with Gasteiger partial charge < -0.3 is 9.64 Å². The molecular formula is C13H15ClN2O4. The fraction of sp³-hybridized carbons (Fsp3) is 0.462. The van der Waals surface area contributed by atoms with Crippen molar-refractivity contribution in [3.05, 3.63) is 38.9 Å². The van der Waals surface area contributed by atoms with Crippen molar-refractivity contribution in [1.29, 1.82) is 0 Å². The minimum atomic E-state index is -0.594. The van der Waals surface area contributed by atoms with Crippen molar-refractivity contribution in [2.75, 3.05) is 13.1 Å². The van der Waals surface area contributed by atoms with Crippen LogP contribution in [0.1, 0.15) is 24.2 Å². The SMILES string of the molecule is C[C@@H]1CN(C(=O)c2ccc(Cl)c([N+](=O)[O-])c2)C[C@H](C)O1. The number of nitrogens with zero attached hydrogens (tertiary/aromatic N) is 2. The Balaban J connectivity index is 2.25. The van der Waals surface area contributed by atoms with Crippen molar-refractivity contribution in [3.63, 3.8) is 0 Å². The van der Waals surface area contributed by atoms with E-state index in [9.17, 15) is 14.9 Å². The van der Waals surface area contributed by atoms with Crippen LogP contribution < -0.4 is 0 Å². The van der Waals surface area contributed by atoms with E-state index in [0.29, 0.717) is 13.1 Å². The van der Waals surface area contributed by atoms with Gasteiger partial charge in [-0.1, -0.05) is 11.6 Å². The van der Waals surface area contributed by atoms with Crippen LogP contribution in [0.4, 0.5) is 5.69 Å². The summed E-state index contributed by atoms with van der Waals surface area (Å²) in [6.07, 6.45) is -0.102. The third-order valence-corrected chi connectivity index (χ3v) is 3.42. The summed E-state index contributed by atoms with van der Waals surface area (Å²) in [6.45, 7) is 4.72. The van der Waals surface area contributed by atoms with Crippen LogP contribution in [0, 0.1) is 10.1 Å². The standard InChI is InChI=1S/C13H15ClN2O4/c1-8-6-15(7-9(2)20-8)13(17)10-3-4-11(14)12(5-10)16(18)19/h3-5,8-9H,6-7H2,1-2H3/t8-,9+. The Morgan fingerprint density at radius 3 is 2.55 bits per heavy atom. The Kier molecular flexibility index (Phi) is 4.25. The second-order valence-corrected chi connectivity index (χ2v) is 5.30. The highest BCUT2D eigenvalue weighted by Gasteiger charge is 2.27. The number of carbonyl (C=O) groups is 1. The van der Waals surface area contributed by atoms with Gasteiger partial charge in [0.1, 0.15) is 5.02 Å². The summed E-state index contributed by atoms with van der Waals surface area (Å²) in [5, 5.41) is 10.9. The average Bonchev–Trinajstić information content (AvgIpc) is 2.37. The lowest BCUT2D eigenvalue weighted by Crippen LogP contribution is -2.48. The Labute approximate surface area is 121 Å². The van der Waals surface area contributed by atoms with Crippen LogP contribution in [0.15, 0.2) is 18.2 Å². The van der Waals surface area contributed by atoms with E-state index in [2.05, 4.69) is 0 Å². The van der Waals surface area contributed by atoms with E-state index in [1.54, 1.807) is 4.90 Å². The third kappa shape index (κ3) is 3.08. The smallest absolute Gasteiger partial charge is 0.288 e. The number of amides is 1. The van der Waals surface area contributed by atoms with Gasteiger partial charge in [-0.05, 0) is 26.0 Å². The molecule has 0 N–H and O–H groups in total. The number of nitro benzene ring substituents is 1. The summed E-state index contributed by atoms with van der Waals surface area (Å²) in [7, 11) is 0. The zero-order valence-corrected chi connectivity index (χ0v) is 12.0. The lowest BCUT2D eigenvalue weighted by atomic mass is 10.1. The van der Waals surface area contributed by atoms with Crippen LogP contribution in [0.2, 0.25) is 5.02 Å². The molecule has 0 aromatic heterocycles. The summed E-state index contributed by atoms with van der Waals surface area (Å²) in [6, 6.07) is 4.10. The molecule has 0 unspecified atom stereocenters. The summed E-state index contributed by atoms with van der Waals surface area (Å²) in [5.74, 6) is -0.244. The Morgan fingerprint density at radius 1 is 1.40 bits per heavy atom. The van der Waals surface area contributed by atoms with Crippen molar-refractivity contribution in [2.24, 2.45) is 0 Å². The highest BCUT2D eigenvalue weighted by atomic mass is 35.5. The molecular weight excluding hydrogens is 284 g/mol. The van der Waals surface area contributed by atoms with Gasteiger partial charge in [0.05, 0.1) is 17.1 Å². The molecule has 1 fully saturated rings. The minimum Gasteiger partial charge on any atom is -0.372 e. The molecule has 0 aliphatic carbocycles. The average molecular weight is 299 g/mol. The van der Waals surface area contributed by atoms with Crippen molar-refractivity contribution < 1.29 is 14.5 Å². The van der Waals surface area contributed by atoms with Gasteiger partial charge in [-0.2, -0.15) is 0 Å². The predicted octanol–water partition coefficient (Wildman–Crippen LogP) is 2.50. The second kappa shape index (κ2) is 5.76. The van der Waals surface area contributed by atoms with Crippen LogP contribution in [0.5, 0.6) is 0 Å². The molecule has 1 aliphatic heterocycles. The number of hydrogen-bond acceptors (Lipinski definition) is 4. The summed E-state index contributed by atoms with van der Waals surface area (Å²) < 4.78 is 5.56. The number of morpholine rings is 1. The van der Waals surface area contributed by atoms with Gasteiger partial charge in [-0.25, -0.2) is 0 Å².